The molecule has 184 valence electrons. The van der Waals surface area contributed by atoms with Crippen LogP contribution in [0.1, 0.15) is 62.6 Å². The highest BCUT2D eigenvalue weighted by atomic mass is 127. The van der Waals surface area contributed by atoms with Crippen LogP contribution in [0.4, 0.5) is 10.1 Å². The Bertz CT molecular complexity index is 1180. The molecule has 2 aromatic rings. The number of aliphatic imine (C=N–C) groups is 1. The third-order valence-corrected chi connectivity index (χ3v) is 9.38. The number of carbonyl (C=O) groups excluding carboxylic acids is 1. The molecule has 0 aromatic heterocycles. The molecule has 1 spiro atoms. The van der Waals surface area contributed by atoms with Gasteiger partial charge in [-0.25, -0.2) is 4.39 Å². The second-order valence-electron chi connectivity index (χ2n) is 9.76. The standard InChI is InChI=1S/C29H33FIN3O/c1-3-20(18-32-4-2)21-13-14-22(24(30)17-21)19-33-26-11-7-5-9-23(26)29(28(33)35)15-16-34(29)27-12-8-6-10-25(27)31/h3,5,7,9,11,13-14,17-18,25,27H,4,6,8,10,12,15-16,19H2,1-2H3/b20-3+,32-18?. The lowest BCUT2D eigenvalue weighted by atomic mass is 9.76. The Morgan fingerprint density at radius 3 is 2.71 bits per heavy atom. The van der Waals surface area contributed by atoms with Gasteiger partial charge in [-0.1, -0.05) is 71.8 Å². The van der Waals surface area contributed by atoms with Gasteiger partial charge in [-0.15, -0.1) is 0 Å². The van der Waals surface area contributed by atoms with Crippen LogP contribution in [0.5, 0.6) is 0 Å². The number of hydrogen-bond acceptors (Lipinski definition) is 3. The Kier molecular flexibility index (Phi) is 7.13. The van der Waals surface area contributed by atoms with Gasteiger partial charge in [0.25, 0.3) is 5.91 Å². The van der Waals surface area contributed by atoms with Gasteiger partial charge in [-0.2, -0.15) is 0 Å². The molecule has 2 heterocycles. The smallest absolute Gasteiger partial charge is 0.252 e. The predicted molar refractivity (Wildman–Crippen MR) is 150 cm³/mol. The SMILES string of the molecule is C/C=C(\C=NCC)c1ccc(CN2C(=O)C3(CCN3C3CCCCC3I)c3ccccc32)c(F)c1. The van der Waals surface area contributed by atoms with Gasteiger partial charge < -0.3 is 4.90 Å². The molecule has 2 aliphatic heterocycles. The molecule has 1 saturated carbocycles. The number of benzene rings is 2. The van der Waals surface area contributed by atoms with Crippen molar-refractivity contribution in [3.8, 4) is 0 Å². The molecule has 2 fully saturated rings. The van der Waals surface area contributed by atoms with Gasteiger partial charge in [0.05, 0.1) is 6.54 Å². The van der Waals surface area contributed by atoms with E-state index in [-0.39, 0.29) is 18.3 Å². The number of anilines is 1. The van der Waals surface area contributed by atoms with E-state index in [9.17, 15) is 4.79 Å². The molecule has 0 bridgehead atoms. The highest BCUT2D eigenvalue weighted by Gasteiger charge is 2.61. The van der Waals surface area contributed by atoms with Crippen LogP contribution in [-0.4, -0.2) is 40.1 Å². The van der Waals surface area contributed by atoms with Crippen molar-refractivity contribution in [3.05, 3.63) is 71.0 Å². The molecule has 3 atom stereocenters. The Balaban J connectivity index is 1.45. The number of fused-ring (bicyclic) bond motifs is 2. The van der Waals surface area contributed by atoms with Crippen LogP contribution < -0.4 is 4.90 Å². The highest BCUT2D eigenvalue weighted by molar-refractivity contribution is 14.1. The fraction of sp³-hybridized carbons (Fsp3) is 0.448. The fourth-order valence-corrected chi connectivity index (χ4v) is 7.23. The minimum absolute atomic E-state index is 0.104. The number of allylic oxidation sites excluding steroid dienone is 2. The lowest BCUT2D eigenvalue weighted by Crippen LogP contribution is -2.67. The lowest BCUT2D eigenvalue weighted by Gasteiger charge is -2.55. The van der Waals surface area contributed by atoms with E-state index in [4.69, 9.17) is 0 Å². The Morgan fingerprint density at radius 1 is 1.23 bits per heavy atom. The van der Waals surface area contributed by atoms with E-state index in [2.05, 4.69) is 38.5 Å². The van der Waals surface area contributed by atoms with Gasteiger partial charge in [0.1, 0.15) is 11.4 Å². The van der Waals surface area contributed by atoms with Crippen molar-refractivity contribution in [1.29, 1.82) is 0 Å². The highest BCUT2D eigenvalue weighted by Crippen LogP contribution is 2.54. The average Bonchev–Trinajstić information content (AvgIpc) is 3.11. The molecule has 2 aromatic carbocycles. The first-order valence-corrected chi connectivity index (χ1v) is 14.0. The molecule has 35 heavy (non-hydrogen) atoms. The first-order valence-electron chi connectivity index (χ1n) is 12.8. The van der Waals surface area contributed by atoms with Crippen molar-refractivity contribution >= 4 is 46.0 Å². The lowest BCUT2D eigenvalue weighted by molar-refractivity contribution is -0.144. The van der Waals surface area contributed by atoms with Crippen molar-refractivity contribution in [2.75, 3.05) is 18.0 Å². The van der Waals surface area contributed by atoms with Crippen molar-refractivity contribution < 1.29 is 9.18 Å². The van der Waals surface area contributed by atoms with E-state index in [1.165, 1.54) is 19.3 Å². The first kappa shape index (κ1) is 24.6. The Morgan fingerprint density at radius 2 is 2.03 bits per heavy atom. The summed E-state index contributed by atoms with van der Waals surface area (Å²) in [5.41, 5.74) is 3.65. The normalized spacial score (nSPS) is 27.0. The van der Waals surface area contributed by atoms with E-state index < -0.39 is 5.54 Å². The Hall–Kier alpha value is -2.06. The summed E-state index contributed by atoms with van der Waals surface area (Å²) in [6, 6.07) is 13.9. The van der Waals surface area contributed by atoms with E-state index >= 15 is 4.39 Å². The third kappa shape index (κ3) is 4.16. The number of rotatable bonds is 6. The largest absolute Gasteiger partial charge is 0.306 e. The monoisotopic (exact) mass is 585 g/mol. The molecule has 3 aliphatic rings. The van der Waals surface area contributed by atoms with Crippen LogP contribution in [-0.2, 0) is 16.9 Å². The van der Waals surface area contributed by atoms with Crippen molar-refractivity contribution in [3.63, 3.8) is 0 Å². The van der Waals surface area contributed by atoms with Crippen LogP contribution in [0.15, 0.2) is 53.5 Å². The number of para-hydroxylation sites is 1. The number of hydrogen-bond donors (Lipinski definition) is 0. The zero-order valence-electron chi connectivity index (χ0n) is 20.5. The van der Waals surface area contributed by atoms with Gasteiger partial charge in [-0.3, -0.25) is 14.7 Å². The van der Waals surface area contributed by atoms with Crippen molar-refractivity contribution in [1.82, 2.24) is 4.90 Å². The molecule has 4 nitrogen and oxygen atoms in total. The molecule has 1 amide bonds. The maximum absolute atomic E-state index is 15.3. The summed E-state index contributed by atoms with van der Waals surface area (Å²) in [6.45, 7) is 5.78. The van der Waals surface area contributed by atoms with Gasteiger partial charge in [0.2, 0.25) is 0 Å². The molecule has 6 heteroatoms. The molecule has 1 saturated heterocycles. The number of carbonyl (C=O) groups is 1. The molecule has 0 radical (unpaired) electrons. The van der Waals surface area contributed by atoms with Crippen LogP contribution in [0.3, 0.4) is 0 Å². The van der Waals surface area contributed by atoms with Crippen molar-refractivity contribution in [2.45, 2.75) is 68.0 Å². The summed E-state index contributed by atoms with van der Waals surface area (Å²) in [5.74, 6) is -0.185. The number of halogens is 2. The quantitative estimate of drug-likeness (QED) is 0.220. The Labute approximate surface area is 221 Å². The van der Waals surface area contributed by atoms with Crippen LogP contribution >= 0.6 is 22.6 Å². The van der Waals surface area contributed by atoms with E-state index in [1.807, 2.05) is 55.2 Å². The number of alkyl halides is 1. The average molecular weight is 586 g/mol. The molecule has 5 rings (SSSR count). The minimum atomic E-state index is -0.590. The maximum Gasteiger partial charge on any atom is 0.252 e. The topological polar surface area (TPSA) is 35.9 Å². The second-order valence-corrected chi connectivity index (χ2v) is 11.4. The summed E-state index contributed by atoms with van der Waals surface area (Å²) in [6.07, 6.45) is 9.43. The summed E-state index contributed by atoms with van der Waals surface area (Å²) < 4.78 is 15.9. The summed E-state index contributed by atoms with van der Waals surface area (Å²) >= 11 is 2.59. The summed E-state index contributed by atoms with van der Waals surface area (Å²) in [5, 5.41) is 0. The van der Waals surface area contributed by atoms with Gasteiger partial charge in [-0.05, 0) is 56.4 Å². The van der Waals surface area contributed by atoms with E-state index in [1.54, 1.807) is 12.3 Å². The zero-order chi connectivity index (χ0) is 24.6. The molecule has 1 aliphatic carbocycles. The molecular weight excluding hydrogens is 552 g/mol. The molecular formula is C29H33FIN3O. The van der Waals surface area contributed by atoms with E-state index in [0.29, 0.717) is 22.1 Å². The van der Waals surface area contributed by atoms with Crippen LogP contribution in [0.2, 0.25) is 0 Å². The number of nitrogens with zero attached hydrogens (tertiary/aromatic N) is 3. The third-order valence-electron chi connectivity index (χ3n) is 7.93. The van der Waals surface area contributed by atoms with Crippen molar-refractivity contribution in [2.24, 2.45) is 4.99 Å². The fourth-order valence-electron chi connectivity index (χ4n) is 6.04. The molecule has 0 N–H and O–H groups in total. The molecule has 3 unspecified atom stereocenters. The van der Waals surface area contributed by atoms with Gasteiger partial charge in [0, 0.05) is 46.1 Å². The maximum atomic E-state index is 15.3. The number of amides is 1. The summed E-state index contributed by atoms with van der Waals surface area (Å²) in [4.78, 5) is 22.7. The minimum Gasteiger partial charge on any atom is -0.306 e. The zero-order valence-corrected chi connectivity index (χ0v) is 22.7. The van der Waals surface area contributed by atoms with Crippen LogP contribution in [0, 0.1) is 5.82 Å². The van der Waals surface area contributed by atoms with Gasteiger partial charge >= 0.3 is 0 Å². The predicted octanol–water partition coefficient (Wildman–Crippen LogP) is 6.51. The summed E-state index contributed by atoms with van der Waals surface area (Å²) in [7, 11) is 0. The van der Waals surface area contributed by atoms with Gasteiger partial charge in [0.15, 0.2) is 0 Å². The first-order chi connectivity index (χ1) is 17.0. The van der Waals surface area contributed by atoms with Crippen LogP contribution in [0.25, 0.3) is 5.57 Å². The second kappa shape index (κ2) is 10.1. The number of likely N-dealkylation sites (tertiary alicyclic amines) is 1. The van der Waals surface area contributed by atoms with E-state index in [0.717, 1.165) is 41.8 Å².